The van der Waals surface area contributed by atoms with Crippen molar-refractivity contribution in [3.8, 4) is 5.75 Å². The van der Waals surface area contributed by atoms with E-state index in [4.69, 9.17) is 0 Å². The Morgan fingerprint density at radius 3 is 3.11 bits per heavy atom. The molecule has 3 heteroatoms. The lowest BCUT2D eigenvalue weighted by molar-refractivity contribution is 0.0763. The van der Waals surface area contributed by atoms with Crippen LogP contribution in [0, 0.1) is 5.92 Å². The van der Waals surface area contributed by atoms with Crippen LogP contribution >= 0.6 is 0 Å². The van der Waals surface area contributed by atoms with Crippen LogP contribution < -0.4 is 5.32 Å². The highest BCUT2D eigenvalue weighted by atomic mass is 16.3. The summed E-state index contributed by atoms with van der Waals surface area (Å²) in [6.45, 7) is 6.95. The molecule has 0 spiro atoms. The molecule has 98 valence electrons. The van der Waals surface area contributed by atoms with Crippen molar-refractivity contribution in [2.75, 3.05) is 26.2 Å². The first-order chi connectivity index (χ1) is 8.74. The van der Waals surface area contributed by atoms with E-state index < -0.39 is 0 Å². The third-order valence-electron chi connectivity index (χ3n) is 4.51. The van der Waals surface area contributed by atoms with Crippen molar-refractivity contribution in [1.29, 1.82) is 0 Å². The molecule has 2 aliphatic rings. The van der Waals surface area contributed by atoms with Crippen LogP contribution in [0.3, 0.4) is 0 Å². The zero-order valence-corrected chi connectivity index (χ0v) is 11.0. The van der Waals surface area contributed by atoms with Crippen LogP contribution in [0.15, 0.2) is 24.3 Å². The number of phenols is 1. The first-order valence-corrected chi connectivity index (χ1v) is 6.98. The van der Waals surface area contributed by atoms with Crippen molar-refractivity contribution in [1.82, 2.24) is 10.2 Å². The highest BCUT2D eigenvalue weighted by molar-refractivity contribution is 5.30. The monoisotopic (exact) mass is 246 g/mol. The van der Waals surface area contributed by atoms with Crippen LogP contribution in [0.1, 0.15) is 24.8 Å². The van der Waals surface area contributed by atoms with Crippen LogP contribution in [0.25, 0.3) is 0 Å². The van der Waals surface area contributed by atoms with Crippen molar-refractivity contribution >= 4 is 0 Å². The Kier molecular flexibility index (Phi) is 3.27. The fourth-order valence-corrected chi connectivity index (χ4v) is 3.52. The van der Waals surface area contributed by atoms with E-state index in [9.17, 15) is 5.11 Å². The summed E-state index contributed by atoms with van der Waals surface area (Å²) >= 11 is 0. The quantitative estimate of drug-likeness (QED) is 0.793. The first-order valence-electron chi connectivity index (χ1n) is 6.98. The molecule has 2 N–H and O–H groups in total. The lowest BCUT2D eigenvalue weighted by Gasteiger charge is -2.46. The van der Waals surface area contributed by atoms with E-state index in [0.29, 0.717) is 23.6 Å². The van der Waals surface area contributed by atoms with E-state index in [0.717, 1.165) is 13.1 Å². The van der Waals surface area contributed by atoms with Gasteiger partial charge in [-0.25, -0.2) is 0 Å². The number of piperidine rings is 1. The maximum atomic E-state index is 9.64. The second kappa shape index (κ2) is 4.90. The number of hydrogen-bond acceptors (Lipinski definition) is 3. The van der Waals surface area contributed by atoms with Crippen LogP contribution in [0.4, 0.5) is 0 Å². The molecule has 18 heavy (non-hydrogen) atoms. The molecule has 3 nitrogen and oxygen atoms in total. The van der Waals surface area contributed by atoms with E-state index in [1.54, 1.807) is 6.07 Å². The predicted octanol–water partition coefficient (Wildman–Crippen LogP) is 1.79. The number of benzene rings is 1. The number of rotatable bonds is 1. The Morgan fingerprint density at radius 2 is 2.28 bits per heavy atom. The second-order valence-corrected chi connectivity index (χ2v) is 5.77. The highest BCUT2D eigenvalue weighted by Crippen LogP contribution is 2.37. The molecule has 3 atom stereocenters. The summed E-state index contributed by atoms with van der Waals surface area (Å²) < 4.78 is 0. The maximum absolute atomic E-state index is 9.64. The summed E-state index contributed by atoms with van der Waals surface area (Å²) in [5, 5.41) is 13.1. The van der Waals surface area contributed by atoms with Gasteiger partial charge in [-0.05, 0) is 36.0 Å². The number of nitrogens with zero attached hydrogens (tertiary/aromatic N) is 1. The molecule has 0 bridgehead atoms. The average Bonchev–Trinajstić information content (AvgIpc) is 2.38. The third kappa shape index (κ3) is 2.25. The summed E-state index contributed by atoms with van der Waals surface area (Å²) in [5.41, 5.74) is 1.30. The molecule has 0 saturated carbocycles. The average molecular weight is 246 g/mol. The molecule has 1 aromatic carbocycles. The number of nitrogens with one attached hydrogen (secondary N) is 1. The maximum Gasteiger partial charge on any atom is 0.115 e. The van der Waals surface area contributed by atoms with Crippen molar-refractivity contribution < 1.29 is 5.11 Å². The van der Waals surface area contributed by atoms with Crippen molar-refractivity contribution in [3.05, 3.63) is 29.8 Å². The Balaban J connectivity index is 1.80. The Morgan fingerprint density at radius 1 is 1.39 bits per heavy atom. The Bertz CT molecular complexity index is 421. The summed E-state index contributed by atoms with van der Waals surface area (Å²) in [5.74, 6) is 1.64. The van der Waals surface area contributed by atoms with Gasteiger partial charge < -0.3 is 10.4 Å². The summed E-state index contributed by atoms with van der Waals surface area (Å²) in [4.78, 5) is 2.63. The van der Waals surface area contributed by atoms with Crippen LogP contribution in [0.5, 0.6) is 5.75 Å². The number of aromatic hydroxyl groups is 1. The Hall–Kier alpha value is -1.06. The zero-order valence-electron chi connectivity index (χ0n) is 11.0. The van der Waals surface area contributed by atoms with E-state index in [2.05, 4.69) is 23.2 Å². The molecule has 2 aliphatic heterocycles. The first kappa shape index (κ1) is 12.0. The fraction of sp³-hybridized carbons (Fsp3) is 0.600. The normalized spacial score (nSPS) is 33.1. The van der Waals surface area contributed by atoms with Gasteiger partial charge >= 0.3 is 0 Å². The zero-order chi connectivity index (χ0) is 12.5. The van der Waals surface area contributed by atoms with Gasteiger partial charge in [-0.15, -0.1) is 0 Å². The summed E-state index contributed by atoms with van der Waals surface area (Å²) in [6.07, 6.45) is 1.21. The van der Waals surface area contributed by atoms with Gasteiger partial charge in [-0.2, -0.15) is 0 Å². The minimum absolute atomic E-state index is 0.392. The molecular formula is C15H22N2O. The predicted molar refractivity (Wildman–Crippen MR) is 72.9 cm³/mol. The largest absolute Gasteiger partial charge is 0.508 e. The van der Waals surface area contributed by atoms with Gasteiger partial charge in [0.1, 0.15) is 5.75 Å². The lowest BCUT2D eigenvalue weighted by atomic mass is 9.78. The van der Waals surface area contributed by atoms with E-state index in [-0.39, 0.29) is 0 Å². The number of fused-ring (bicyclic) bond motifs is 1. The third-order valence-corrected chi connectivity index (χ3v) is 4.51. The molecular weight excluding hydrogens is 224 g/mol. The van der Waals surface area contributed by atoms with Crippen LogP contribution in [-0.2, 0) is 0 Å². The van der Waals surface area contributed by atoms with Crippen molar-refractivity contribution in [2.24, 2.45) is 5.92 Å². The van der Waals surface area contributed by atoms with Gasteiger partial charge in [0.25, 0.3) is 0 Å². The van der Waals surface area contributed by atoms with Gasteiger partial charge in [0.05, 0.1) is 0 Å². The molecule has 0 aromatic heterocycles. The SMILES string of the molecule is C[C@H]1CN2CCNC[C@H]2C[C@H]1c1cccc(O)c1. The summed E-state index contributed by atoms with van der Waals surface area (Å²) in [7, 11) is 0. The lowest BCUT2D eigenvalue weighted by Crippen LogP contribution is -2.56. The minimum Gasteiger partial charge on any atom is -0.508 e. The highest BCUT2D eigenvalue weighted by Gasteiger charge is 2.35. The second-order valence-electron chi connectivity index (χ2n) is 5.77. The number of hydrogen-bond donors (Lipinski definition) is 2. The van der Waals surface area contributed by atoms with Crippen molar-refractivity contribution in [3.63, 3.8) is 0 Å². The Labute approximate surface area is 109 Å². The standard InChI is InChI=1S/C15H22N2O/c1-11-10-17-6-5-16-9-13(17)8-15(11)12-3-2-4-14(18)7-12/h2-4,7,11,13,15-16,18H,5-6,8-10H2,1H3/t11-,13+,15+/m0/s1. The smallest absolute Gasteiger partial charge is 0.115 e. The molecule has 0 amide bonds. The molecule has 3 rings (SSSR count). The molecule has 1 aromatic rings. The van der Waals surface area contributed by atoms with Crippen LogP contribution in [-0.4, -0.2) is 42.2 Å². The minimum atomic E-state index is 0.392. The van der Waals surface area contributed by atoms with E-state index in [1.807, 2.05) is 12.1 Å². The summed E-state index contributed by atoms with van der Waals surface area (Å²) in [6, 6.07) is 8.48. The molecule has 0 radical (unpaired) electrons. The molecule has 2 fully saturated rings. The number of piperazine rings is 1. The molecule has 2 heterocycles. The fourth-order valence-electron chi connectivity index (χ4n) is 3.52. The van der Waals surface area contributed by atoms with Crippen molar-refractivity contribution in [2.45, 2.75) is 25.3 Å². The number of phenolic OH excluding ortho intramolecular Hbond substituents is 1. The van der Waals surface area contributed by atoms with Gasteiger partial charge in [-0.3, -0.25) is 4.90 Å². The molecule has 0 unspecified atom stereocenters. The van der Waals surface area contributed by atoms with Gasteiger partial charge in [0.2, 0.25) is 0 Å². The van der Waals surface area contributed by atoms with E-state index >= 15 is 0 Å². The van der Waals surface area contributed by atoms with Gasteiger partial charge in [0, 0.05) is 32.2 Å². The van der Waals surface area contributed by atoms with Crippen LogP contribution in [0.2, 0.25) is 0 Å². The van der Waals surface area contributed by atoms with Gasteiger partial charge in [-0.1, -0.05) is 19.1 Å². The van der Waals surface area contributed by atoms with E-state index in [1.165, 1.54) is 25.1 Å². The van der Waals surface area contributed by atoms with Gasteiger partial charge in [0.15, 0.2) is 0 Å². The topological polar surface area (TPSA) is 35.5 Å². The molecule has 2 saturated heterocycles. The molecule has 0 aliphatic carbocycles.